The number of hydrogen-bond acceptors (Lipinski definition) is 5. The molecule has 0 saturated carbocycles. The molecule has 0 bridgehead atoms. The average Bonchev–Trinajstić information content (AvgIpc) is 2.37. The normalized spacial score (nSPS) is 15.4. The van der Waals surface area contributed by atoms with Crippen molar-refractivity contribution in [3.05, 3.63) is 30.3 Å². The Bertz CT molecular complexity index is 587. The third-order valence-corrected chi connectivity index (χ3v) is 3.68. The van der Waals surface area contributed by atoms with Crippen molar-refractivity contribution >= 4 is 16.0 Å². The van der Waals surface area contributed by atoms with Gasteiger partial charge >= 0.3 is 17.9 Å². The van der Waals surface area contributed by atoms with E-state index in [2.05, 4.69) is 4.74 Å². The molecule has 10 heteroatoms. The van der Waals surface area contributed by atoms with Crippen molar-refractivity contribution in [3.63, 3.8) is 0 Å². The van der Waals surface area contributed by atoms with Crippen LogP contribution in [0.4, 0.5) is 13.2 Å². The Morgan fingerprint density at radius 2 is 1.75 bits per heavy atom. The van der Waals surface area contributed by atoms with Crippen molar-refractivity contribution in [2.75, 3.05) is 7.11 Å². The van der Waals surface area contributed by atoms with Gasteiger partial charge in [0.2, 0.25) is 10.0 Å². The lowest BCUT2D eigenvalue weighted by atomic mass is 10.2. The van der Waals surface area contributed by atoms with Crippen LogP contribution in [-0.4, -0.2) is 38.5 Å². The number of aliphatic hydroxyl groups is 1. The summed E-state index contributed by atoms with van der Waals surface area (Å²) in [6.07, 6.45) is -5.60. The van der Waals surface area contributed by atoms with Crippen LogP contribution in [0.2, 0.25) is 0 Å². The summed E-state index contributed by atoms with van der Waals surface area (Å²) < 4.78 is 66.3. The van der Waals surface area contributed by atoms with Crippen LogP contribution in [0.1, 0.15) is 0 Å². The molecule has 0 saturated heterocycles. The van der Waals surface area contributed by atoms with Gasteiger partial charge in [0.25, 0.3) is 0 Å². The predicted octanol–water partition coefficient (Wildman–Crippen LogP) is 0.389. The van der Waals surface area contributed by atoms with E-state index in [0.717, 1.165) is 16.9 Å². The maximum Gasteiger partial charge on any atom is 0.443 e. The van der Waals surface area contributed by atoms with Gasteiger partial charge in [-0.3, -0.25) is 0 Å². The highest BCUT2D eigenvalue weighted by Gasteiger charge is 2.63. The highest BCUT2D eigenvalue weighted by molar-refractivity contribution is 7.89. The molecular formula is C10H10F3NO5S. The van der Waals surface area contributed by atoms with Crippen LogP contribution in [0.15, 0.2) is 35.2 Å². The van der Waals surface area contributed by atoms with Gasteiger partial charge in [-0.2, -0.15) is 17.9 Å². The first kappa shape index (κ1) is 16.4. The predicted molar refractivity (Wildman–Crippen MR) is 59.8 cm³/mol. The second kappa shape index (κ2) is 5.38. The Balaban J connectivity index is 3.25. The Morgan fingerprint density at radius 1 is 1.25 bits per heavy atom. The molecule has 0 amide bonds. The Kier molecular flexibility index (Phi) is 4.42. The van der Waals surface area contributed by atoms with E-state index < -0.39 is 32.8 Å². The standard InChI is InChI=1S/C10H10F3NO5S/c1-19-8(15)9(16,10(11,12)13)14-20(17,18)7-5-3-2-4-6-7/h2-6,14,16H,1H3/t9-/m0/s1. The molecule has 0 heterocycles. The number of rotatable bonds is 4. The molecule has 0 spiro atoms. The molecule has 0 fully saturated rings. The summed E-state index contributed by atoms with van der Waals surface area (Å²) in [6.45, 7) is 0. The molecule has 6 nitrogen and oxygen atoms in total. The average molecular weight is 313 g/mol. The fourth-order valence-corrected chi connectivity index (χ4v) is 2.44. The van der Waals surface area contributed by atoms with E-state index in [4.69, 9.17) is 0 Å². The fraction of sp³-hybridized carbons (Fsp3) is 0.300. The molecule has 0 unspecified atom stereocenters. The Morgan fingerprint density at radius 3 is 2.15 bits per heavy atom. The van der Waals surface area contributed by atoms with Crippen molar-refractivity contribution in [1.29, 1.82) is 0 Å². The summed E-state index contributed by atoms with van der Waals surface area (Å²) in [6, 6.07) is 5.96. The molecule has 0 aromatic heterocycles. The van der Waals surface area contributed by atoms with Gasteiger partial charge in [0.05, 0.1) is 12.0 Å². The van der Waals surface area contributed by atoms with Crippen LogP contribution in [0.5, 0.6) is 0 Å². The van der Waals surface area contributed by atoms with Crippen molar-refractivity contribution < 1.29 is 36.2 Å². The lowest BCUT2D eigenvalue weighted by Gasteiger charge is -2.27. The fourth-order valence-electron chi connectivity index (χ4n) is 1.22. The topological polar surface area (TPSA) is 92.7 Å². The highest BCUT2D eigenvalue weighted by atomic mass is 32.2. The van der Waals surface area contributed by atoms with E-state index in [9.17, 15) is 31.5 Å². The molecule has 1 atom stereocenters. The van der Waals surface area contributed by atoms with Gasteiger partial charge in [-0.05, 0) is 12.1 Å². The molecule has 0 aliphatic heterocycles. The minimum Gasteiger partial charge on any atom is -0.466 e. The lowest BCUT2D eigenvalue weighted by Crippen LogP contribution is -2.64. The third kappa shape index (κ3) is 3.08. The molecule has 0 radical (unpaired) electrons. The molecular weight excluding hydrogens is 303 g/mol. The quantitative estimate of drug-likeness (QED) is 0.619. The van der Waals surface area contributed by atoms with E-state index in [0.29, 0.717) is 7.11 Å². The zero-order chi connectivity index (χ0) is 15.6. The summed E-state index contributed by atoms with van der Waals surface area (Å²) in [5.41, 5.74) is -4.36. The van der Waals surface area contributed by atoms with E-state index in [1.165, 1.54) is 18.2 Å². The molecule has 0 aliphatic carbocycles. The van der Waals surface area contributed by atoms with Crippen LogP contribution >= 0.6 is 0 Å². The summed E-state index contributed by atoms with van der Waals surface area (Å²) in [4.78, 5) is 10.5. The first-order chi connectivity index (χ1) is 9.04. The molecule has 1 aromatic rings. The number of benzene rings is 1. The van der Waals surface area contributed by atoms with Crippen LogP contribution < -0.4 is 4.72 Å². The van der Waals surface area contributed by atoms with E-state index >= 15 is 0 Å². The summed E-state index contributed by atoms with van der Waals surface area (Å²) in [5.74, 6) is -2.19. The monoisotopic (exact) mass is 313 g/mol. The van der Waals surface area contributed by atoms with Gasteiger partial charge < -0.3 is 9.84 Å². The zero-order valence-corrected chi connectivity index (χ0v) is 10.8. The van der Waals surface area contributed by atoms with Crippen molar-refractivity contribution in [2.45, 2.75) is 16.8 Å². The second-order valence-electron chi connectivity index (χ2n) is 3.62. The SMILES string of the molecule is COC(=O)[C@@](O)(NS(=O)(=O)c1ccccc1)C(F)(F)F. The molecule has 1 rings (SSSR count). The van der Waals surface area contributed by atoms with Crippen molar-refractivity contribution in [1.82, 2.24) is 4.72 Å². The smallest absolute Gasteiger partial charge is 0.443 e. The van der Waals surface area contributed by atoms with E-state index in [-0.39, 0.29) is 0 Å². The Labute approximate surface area is 112 Å². The third-order valence-electron chi connectivity index (χ3n) is 2.23. The van der Waals surface area contributed by atoms with Crippen LogP contribution in [0, 0.1) is 0 Å². The molecule has 112 valence electrons. The van der Waals surface area contributed by atoms with E-state index in [1.807, 2.05) is 0 Å². The number of carbonyl (C=O) groups excluding carboxylic acids is 1. The van der Waals surface area contributed by atoms with Gasteiger partial charge in [-0.25, -0.2) is 13.2 Å². The van der Waals surface area contributed by atoms with Gasteiger partial charge in [0, 0.05) is 0 Å². The van der Waals surface area contributed by atoms with E-state index in [1.54, 1.807) is 0 Å². The molecule has 20 heavy (non-hydrogen) atoms. The first-order valence-electron chi connectivity index (χ1n) is 5.01. The zero-order valence-electron chi connectivity index (χ0n) is 10.0. The lowest BCUT2D eigenvalue weighted by molar-refractivity contribution is -0.265. The van der Waals surface area contributed by atoms with Gasteiger partial charge in [-0.1, -0.05) is 18.2 Å². The summed E-state index contributed by atoms with van der Waals surface area (Å²) in [7, 11) is -4.20. The van der Waals surface area contributed by atoms with Gasteiger partial charge in [0.1, 0.15) is 0 Å². The minimum absolute atomic E-state index is 0.549. The number of sulfonamides is 1. The number of ether oxygens (including phenoxy) is 1. The molecule has 0 aliphatic rings. The summed E-state index contributed by atoms with van der Waals surface area (Å²) in [5, 5.41) is 9.32. The highest BCUT2D eigenvalue weighted by Crippen LogP contribution is 2.30. The van der Waals surface area contributed by atoms with Gasteiger partial charge in [-0.15, -0.1) is 0 Å². The minimum atomic E-state index is -5.60. The number of hydrogen-bond donors (Lipinski definition) is 2. The maximum absolute atomic E-state index is 12.7. The van der Waals surface area contributed by atoms with Crippen molar-refractivity contribution in [2.24, 2.45) is 0 Å². The number of esters is 1. The number of methoxy groups -OCH3 is 1. The molecule has 2 N–H and O–H groups in total. The molecule has 1 aromatic carbocycles. The van der Waals surface area contributed by atoms with Crippen LogP contribution in [-0.2, 0) is 19.6 Å². The first-order valence-corrected chi connectivity index (χ1v) is 6.49. The second-order valence-corrected chi connectivity index (χ2v) is 5.30. The summed E-state index contributed by atoms with van der Waals surface area (Å²) >= 11 is 0. The van der Waals surface area contributed by atoms with Gasteiger partial charge in [0.15, 0.2) is 0 Å². The number of alkyl halides is 3. The number of carbonyl (C=O) groups is 1. The maximum atomic E-state index is 12.7. The largest absolute Gasteiger partial charge is 0.466 e. The number of halogens is 3. The van der Waals surface area contributed by atoms with Crippen LogP contribution in [0.3, 0.4) is 0 Å². The van der Waals surface area contributed by atoms with Crippen molar-refractivity contribution in [3.8, 4) is 0 Å². The number of nitrogens with one attached hydrogen (secondary N) is 1. The Hall–Kier alpha value is -1.65. The van der Waals surface area contributed by atoms with Crippen LogP contribution in [0.25, 0.3) is 0 Å².